The topological polar surface area (TPSA) is 55.2 Å². The SMILES string of the molecule is OCCOc1nc(C(F)F)nc2c(F)cc(Br)cc12. The fourth-order valence-corrected chi connectivity index (χ4v) is 1.93. The first-order valence-electron chi connectivity index (χ1n) is 5.21. The number of fused-ring (bicyclic) bond motifs is 1. The summed E-state index contributed by atoms with van der Waals surface area (Å²) in [5.41, 5.74) is -0.249. The third-order valence-corrected chi connectivity index (χ3v) is 2.68. The summed E-state index contributed by atoms with van der Waals surface area (Å²) in [6.45, 7) is -0.449. The van der Waals surface area contributed by atoms with E-state index in [0.29, 0.717) is 4.47 Å². The van der Waals surface area contributed by atoms with Crippen LogP contribution in [0.4, 0.5) is 13.2 Å². The predicted molar refractivity (Wildman–Crippen MR) is 64.7 cm³/mol. The number of aliphatic hydroxyl groups excluding tert-OH is 1. The minimum absolute atomic E-state index is 0.136. The molecule has 0 fully saturated rings. The molecule has 0 unspecified atom stereocenters. The molecule has 1 aromatic carbocycles. The molecule has 1 heterocycles. The van der Waals surface area contributed by atoms with E-state index in [1.165, 1.54) is 6.07 Å². The highest BCUT2D eigenvalue weighted by Crippen LogP contribution is 2.30. The fourth-order valence-electron chi connectivity index (χ4n) is 1.50. The smallest absolute Gasteiger partial charge is 0.297 e. The van der Waals surface area contributed by atoms with Crippen molar-refractivity contribution in [2.45, 2.75) is 6.43 Å². The van der Waals surface area contributed by atoms with Gasteiger partial charge in [-0.3, -0.25) is 0 Å². The van der Waals surface area contributed by atoms with E-state index in [1.807, 2.05) is 0 Å². The zero-order chi connectivity index (χ0) is 14.0. The van der Waals surface area contributed by atoms with Gasteiger partial charge in [0.1, 0.15) is 12.1 Å². The molecule has 2 aromatic rings. The molecule has 19 heavy (non-hydrogen) atoms. The van der Waals surface area contributed by atoms with E-state index in [4.69, 9.17) is 9.84 Å². The molecule has 0 atom stereocenters. The number of aliphatic hydroxyl groups is 1. The Balaban J connectivity index is 2.67. The monoisotopic (exact) mass is 336 g/mol. The predicted octanol–water partition coefficient (Wildman–Crippen LogP) is 2.84. The number of aromatic nitrogens is 2. The van der Waals surface area contributed by atoms with Crippen LogP contribution in [0.25, 0.3) is 10.9 Å². The van der Waals surface area contributed by atoms with Gasteiger partial charge in [0.05, 0.1) is 12.0 Å². The molecule has 0 radical (unpaired) electrons. The van der Waals surface area contributed by atoms with Gasteiger partial charge in [-0.25, -0.2) is 18.2 Å². The normalized spacial score (nSPS) is 11.3. The van der Waals surface area contributed by atoms with Crippen molar-refractivity contribution in [3.63, 3.8) is 0 Å². The van der Waals surface area contributed by atoms with Gasteiger partial charge < -0.3 is 9.84 Å². The van der Waals surface area contributed by atoms with Gasteiger partial charge in [0.15, 0.2) is 11.6 Å². The lowest BCUT2D eigenvalue weighted by Crippen LogP contribution is -2.07. The van der Waals surface area contributed by atoms with Crippen LogP contribution in [0, 0.1) is 5.82 Å². The van der Waals surface area contributed by atoms with Crippen LogP contribution in [-0.2, 0) is 0 Å². The van der Waals surface area contributed by atoms with Crippen molar-refractivity contribution in [1.29, 1.82) is 0 Å². The van der Waals surface area contributed by atoms with Gasteiger partial charge >= 0.3 is 0 Å². The highest BCUT2D eigenvalue weighted by Gasteiger charge is 2.18. The Morgan fingerprint density at radius 2 is 2.05 bits per heavy atom. The van der Waals surface area contributed by atoms with Crippen molar-refractivity contribution >= 4 is 26.8 Å². The molecule has 2 rings (SSSR count). The summed E-state index contributed by atoms with van der Waals surface area (Å²) in [5, 5.41) is 8.84. The summed E-state index contributed by atoms with van der Waals surface area (Å²) in [5.74, 6) is -1.77. The van der Waals surface area contributed by atoms with Crippen LogP contribution in [0.1, 0.15) is 12.2 Å². The molecule has 8 heteroatoms. The third-order valence-electron chi connectivity index (χ3n) is 2.23. The quantitative estimate of drug-likeness (QED) is 0.932. The molecular weight excluding hydrogens is 329 g/mol. The van der Waals surface area contributed by atoms with Gasteiger partial charge in [0, 0.05) is 4.47 Å². The van der Waals surface area contributed by atoms with Crippen LogP contribution < -0.4 is 4.74 Å². The van der Waals surface area contributed by atoms with Crippen LogP contribution in [0.3, 0.4) is 0 Å². The van der Waals surface area contributed by atoms with E-state index in [0.717, 1.165) is 6.07 Å². The van der Waals surface area contributed by atoms with Crippen LogP contribution in [-0.4, -0.2) is 28.3 Å². The molecule has 0 saturated heterocycles. The molecule has 1 aromatic heterocycles. The van der Waals surface area contributed by atoms with Crippen LogP contribution in [0.2, 0.25) is 0 Å². The summed E-state index contributed by atoms with van der Waals surface area (Å²) < 4.78 is 44.5. The van der Waals surface area contributed by atoms with Gasteiger partial charge in [-0.1, -0.05) is 15.9 Å². The molecule has 0 bridgehead atoms. The molecule has 0 saturated carbocycles. The summed E-state index contributed by atoms with van der Waals surface area (Å²) in [6, 6.07) is 2.57. The second-order valence-corrected chi connectivity index (χ2v) is 4.46. The van der Waals surface area contributed by atoms with Gasteiger partial charge in [-0.05, 0) is 12.1 Å². The maximum atomic E-state index is 13.7. The van der Waals surface area contributed by atoms with E-state index in [9.17, 15) is 13.2 Å². The van der Waals surface area contributed by atoms with Crippen molar-refractivity contribution in [2.75, 3.05) is 13.2 Å². The van der Waals surface area contributed by atoms with Gasteiger partial charge in [0.2, 0.25) is 5.88 Å². The summed E-state index contributed by atoms with van der Waals surface area (Å²) >= 11 is 3.08. The Hall–Kier alpha value is -1.41. The second kappa shape index (κ2) is 5.70. The summed E-state index contributed by atoms with van der Waals surface area (Å²) in [7, 11) is 0. The van der Waals surface area contributed by atoms with Crippen molar-refractivity contribution < 1.29 is 23.0 Å². The maximum Gasteiger partial charge on any atom is 0.297 e. The molecule has 0 spiro atoms. The minimum atomic E-state index is -2.94. The maximum absolute atomic E-state index is 13.7. The molecule has 0 aliphatic heterocycles. The molecule has 4 nitrogen and oxygen atoms in total. The molecule has 1 N–H and O–H groups in total. The van der Waals surface area contributed by atoms with E-state index >= 15 is 0 Å². The third kappa shape index (κ3) is 2.95. The molecule has 0 amide bonds. The van der Waals surface area contributed by atoms with Crippen molar-refractivity contribution in [1.82, 2.24) is 9.97 Å². The van der Waals surface area contributed by atoms with E-state index in [-0.39, 0.29) is 30.0 Å². The average Bonchev–Trinajstić information content (AvgIpc) is 2.35. The number of alkyl halides is 2. The van der Waals surface area contributed by atoms with Crippen molar-refractivity contribution in [2.24, 2.45) is 0 Å². The van der Waals surface area contributed by atoms with Gasteiger partial charge in [-0.2, -0.15) is 4.98 Å². The molecule has 102 valence electrons. The number of rotatable bonds is 4. The van der Waals surface area contributed by atoms with Gasteiger partial charge in [-0.15, -0.1) is 0 Å². The number of ether oxygens (including phenoxy) is 1. The van der Waals surface area contributed by atoms with E-state index < -0.39 is 18.1 Å². The van der Waals surface area contributed by atoms with Crippen LogP contribution in [0.15, 0.2) is 16.6 Å². The Labute approximate surface area is 114 Å². The lowest BCUT2D eigenvalue weighted by molar-refractivity contribution is 0.138. The number of benzene rings is 1. The van der Waals surface area contributed by atoms with Crippen LogP contribution in [0.5, 0.6) is 5.88 Å². The molecule has 0 aliphatic carbocycles. The first-order chi connectivity index (χ1) is 9.02. The fraction of sp³-hybridized carbons (Fsp3) is 0.273. The number of halogens is 4. The Morgan fingerprint density at radius 3 is 2.68 bits per heavy atom. The van der Waals surface area contributed by atoms with Gasteiger partial charge in [0.25, 0.3) is 6.43 Å². The second-order valence-electron chi connectivity index (χ2n) is 3.54. The zero-order valence-corrected chi connectivity index (χ0v) is 11.0. The molecule has 0 aliphatic rings. The lowest BCUT2D eigenvalue weighted by atomic mass is 10.2. The Bertz CT molecular complexity index is 610. The van der Waals surface area contributed by atoms with Crippen molar-refractivity contribution in [3.8, 4) is 5.88 Å². The van der Waals surface area contributed by atoms with E-state index in [1.54, 1.807) is 0 Å². The van der Waals surface area contributed by atoms with Crippen molar-refractivity contribution in [3.05, 3.63) is 28.2 Å². The van der Waals surface area contributed by atoms with E-state index in [2.05, 4.69) is 25.9 Å². The van der Waals surface area contributed by atoms with Crippen LogP contribution >= 0.6 is 15.9 Å². The Morgan fingerprint density at radius 1 is 1.32 bits per heavy atom. The first-order valence-corrected chi connectivity index (χ1v) is 6.00. The standard InChI is InChI=1S/C11H8BrF3N2O2/c12-5-3-6-8(7(13)4-5)16-10(9(14)15)17-11(6)19-2-1-18/h3-4,9,18H,1-2H2. The molecular formula is C11H8BrF3N2O2. The zero-order valence-electron chi connectivity index (χ0n) is 9.41. The summed E-state index contributed by atoms with van der Waals surface area (Å²) in [4.78, 5) is 7.02. The number of hydrogen-bond acceptors (Lipinski definition) is 4. The minimum Gasteiger partial charge on any atom is -0.475 e. The average molecular weight is 337 g/mol. The lowest BCUT2D eigenvalue weighted by Gasteiger charge is -2.10. The Kier molecular flexibility index (Phi) is 4.20. The highest BCUT2D eigenvalue weighted by atomic mass is 79.9. The summed E-state index contributed by atoms with van der Waals surface area (Å²) in [6.07, 6.45) is -2.94. The number of nitrogens with zero attached hydrogens (tertiary/aromatic N) is 2. The largest absolute Gasteiger partial charge is 0.475 e. The first kappa shape index (κ1) is 14.0. The highest BCUT2D eigenvalue weighted by molar-refractivity contribution is 9.10. The number of hydrogen-bond donors (Lipinski definition) is 1.